The zero-order valence-electron chi connectivity index (χ0n) is 12.8. The largest absolute Gasteiger partial charge is 0.354 e. The van der Waals surface area contributed by atoms with Gasteiger partial charge in [-0.05, 0) is 12.1 Å². The van der Waals surface area contributed by atoms with E-state index in [2.05, 4.69) is 30.4 Å². The Morgan fingerprint density at radius 3 is 3.04 bits per heavy atom. The van der Waals surface area contributed by atoms with Crippen molar-refractivity contribution in [2.24, 2.45) is 5.73 Å². The molecule has 0 radical (unpaired) electrons. The molecule has 0 aromatic carbocycles. The van der Waals surface area contributed by atoms with Crippen LogP contribution in [0, 0.1) is 0 Å². The molecule has 3 aromatic rings. The van der Waals surface area contributed by atoms with Crippen LogP contribution < -0.4 is 11.1 Å². The molecule has 124 valence electrons. The summed E-state index contributed by atoms with van der Waals surface area (Å²) in [7, 11) is 0. The predicted molar refractivity (Wildman–Crippen MR) is 84.5 cm³/mol. The molecule has 0 bridgehead atoms. The molecule has 0 aliphatic carbocycles. The molecule has 0 fully saturated rings. The number of carbonyl (C=O) groups is 1. The lowest BCUT2D eigenvalue weighted by molar-refractivity contribution is -0.122. The van der Waals surface area contributed by atoms with E-state index in [0.29, 0.717) is 31.1 Å². The van der Waals surface area contributed by atoms with Gasteiger partial charge < -0.3 is 20.6 Å². The highest BCUT2D eigenvalue weighted by Crippen LogP contribution is 2.13. The van der Waals surface area contributed by atoms with Crippen LogP contribution >= 0.6 is 0 Å². The summed E-state index contributed by atoms with van der Waals surface area (Å²) in [6, 6.07) is 3.00. The fourth-order valence-corrected chi connectivity index (χ4v) is 2.12. The topological polar surface area (TPSA) is 136 Å². The summed E-state index contributed by atoms with van der Waals surface area (Å²) in [5.74, 6) is 0.674. The van der Waals surface area contributed by atoms with E-state index < -0.39 is 6.04 Å². The maximum absolute atomic E-state index is 11.9. The molecule has 0 unspecified atom stereocenters. The number of hydrogen-bond donors (Lipinski definition) is 3. The number of nitrogens with zero attached hydrogens (tertiary/aromatic N) is 4. The smallest absolute Gasteiger partial charge is 0.237 e. The molecule has 0 aliphatic rings. The molecule has 3 rings (SSSR count). The average molecular weight is 327 g/mol. The lowest BCUT2D eigenvalue weighted by Gasteiger charge is -2.10. The second-order valence-electron chi connectivity index (χ2n) is 5.18. The fraction of sp³-hybridized carbons (Fsp3) is 0.267. The predicted octanol–water partition coefficient (Wildman–Crippen LogP) is 0.0834. The van der Waals surface area contributed by atoms with Crippen LogP contribution in [0.25, 0.3) is 11.4 Å². The fourth-order valence-electron chi connectivity index (χ4n) is 2.12. The number of nitrogens with two attached hydrogens (primary N) is 1. The zero-order valence-corrected chi connectivity index (χ0v) is 12.8. The number of carbonyl (C=O) groups excluding carboxylic acids is 1. The first-order valence-electron chi connectivity index (χ1n) is 7.46. The zero-order chi connectivity index (χ0) is 16.8. The molecule has 0 saturated heterocycles. The Bertz CT molecular complexity index is 770. The molecule has 4 N–H and O–H groups in total. The minimum atomic E-state index is -0.640. The van der Waals surface area contributed by atoms with Crippen LogP contribution in [-0.2, 0) is 17.6 Å². The SMILES string of the molecule is N[C@@H](Cc1cnc[nH]1)C(=O)NCCc1nc(-c2cccnc2)no1. The normalized spacial score (nSPS) is 12.0. The molecule has 3 aromatic heterocycles. The number of nitrogens with one attached hydrogen (secondary N) is 2. The van der Waals surface area contributed by atoms with Crippen molar-refractivity contribution in [3.8, 4) is 11.4 Å². The van der Waals surface area contributed by atoms with E-state index in [-0.39, 0.29) is 5.91 Å². The van der Waals surface area contributed by atoms with Crippen LogP contribution in [0.4, 0.5) is 0 Å². The minimum absolute atomic E-state index is 0.239. The Hall–Kier alpha value is -3.07. The van der Waals surface area contributed by atoms with Gasteiger partial charge in [0.1, 0.15) is 0 Å². The van der Waals surface area contributed by atoms with Crippen molar-refractivity contribution in [2.45, 2.75) is 18.9 Å². The maximum Gasteiger partial charge on any atom is 0.237 e. The first-order valence-corrected chi connectivity index (χ1v) is 7.46. The van der Waals surface area contributed by atoms with E-state index in [9.17, 15) is 4.79 Å². The Morgan fingerprint density at radius 2 is 2.29 bits per heavy atom. The first-order chi connectivity index (χ1) is 11.7. The number of hydrogen-bond acceptors (Lipinski definition) is 7. The van der Waals surface area contributed by atoms with Gasteiger partial charge in [0, 0.05) is 49.2 Å². The monoisotopic (exact) mass is 327 g/mol. The summed E-state index contributed by atoms with van der Waals surface area (Å²) in [5.41, 5.74) is 7.44. The molecule has 0 saturated carbocycles. The third-order valence-corrected chi connectivity index (χ3v) is 3.36. The Balaban J connectivity index is 1.46. The molecular weight excluding hydrogens is 310 g/mol. The van der Waals surface area contributed by atoms with Gasteiger partial charge in [-0.2, -0.15) is 4.98 Å². The second kappa shape index (κ2) is 7.47. The molecule has 24 heavy (non-hydrogen) atoms. The second-order valence-corrected chi connectivity index (χ2v) is 5.18. The highest BCUT2D eigenvalue weighted by Gasteiger charge is 2.15. The number of aromatic amines is 1. The van der Waals surface area contributed by atoms with Gasteiger partial charge in [0.05, 0.1) is 12.4 Å². The summed E-state index contributed by atoms with van der Waals surface area (Å²) >= 11 is 0. The standard InChI is InChI=1S/C15H17N7O2/c16-12(6-11-8-18-9-20-11)15(23)19-5-3-13-21-14(22-24-13)10-2-1-4-17-7-10/h1-2,4,7-9,12H,3,5-6,16H2,(H,18,20)(H,19,23)/t12-/m0/s1. The Labute approximate surface area is 137 Å². The first kappa shape index (κ1) is 15.8. The van der Waals surface area contributed by atoms with E-state index in [1.165, 1.54) is 0 Å². The van der Waals surface area contributed by atoms with Crippen LogP contribution in [0.3, 0.4) is 0 Å². The van der Waals surface area contributed by atoms with E-state index >= 15 is 0 Å². The van der Waals surface area contributed by atoms with Crippen LogP contribution in [0.5, 0.6) is 0 Å². The molecule has 9 heteroatoms. The van der Waals surface area contributed by atoms with Gasteiger partial charge in [-0.25, -0.2) is 4.98 Å². The van der Waals surface area contributed by atoms with Crippen molar-refractivity contribution in [1.29, 1.82) is 0 Å². The van der Waals surface area contributed by atoms with Crippen molar-refractivity contribution < 1.29 is 9.32 Å². The van der Waals surface area contributed by atoms with Gasteiger partial charge in [0.15, 0.2) is 0 Å². The summed E-state index contributed by atoms with van der Waals surface area (Å²) in [6.07, 6.45) is 7.35. The Morgan fingerprint density at radius 1 is 1.38 bits per heavy atom. The molecule has 9 nitrogen and oxygen atoms in total. The molecule has 1 atom stereocenters. The van der Waals surface area contributed by atoms with Crippen LogP contribution in [0.1, 0.15) is 11.6 Å². The number of pyridine rings is 1. The molecule has 0 spiro atoms. The number of aromatic nitrogens is 5. The average Bonchev–Trinajstić information content (AvgIpc) is 3.27. The quantitative estimate of drug-likeness (QED) is 0.559. The lowest BCUT2D eigenvalue weighted by Crippen LogP contribution is -2.42. The third kappa shape index (κ3) is 4.02. The number of imidazole rings is 1. The van der Waals surface area contributed by atoms with Crippen molar-refractivity contribution in [3.05, 3.63) is 48.6 Å². The van der Waals surface area contributed by atoms with Crippen LogP contribution in [-0.4, -0.2) is 43.6 Å². The van der Waals surface area contributed by atoms with Gasteiger partial charge in [-0.3, -0.25) is 9.78 Å². The molecule has 1 amide bonds. The van der Waals surface area contributed by atoms with Crippen molar-refractivity contribution in [2.75, 3.05) is 6.54 Å². The molecule has 0 aliphatic heterocycles. The third-order valence-electron chi connectivity index (χ3n) is 3.36. The summed E-state index contributed by atoms with van der Waals surface area (Å²) in [4.78, 5) is 27.0. The van der Waals surface area contributed by atoms with E-state index in [1.807, 2.05) is 6.07 Å². The highest BCUT2D eigenvalue weighted by molar-refractivity contribution is 5.81. The highest BCUT2D eigenvalue weighted by atomic mass is 16.5. The van der Waals surface area contributed by atoms with Gasteiger partial charge >= 0.3 is 0 Å². The van der Waals surface area contributed by atoms with E-state index in [1.54, 1.807) is 31.0 Å². The van der Waals surface area contributed by atoms with E-state index in [0.717, 1.165) is 11.3 Å². The Kier molecular flexibility index (Phi) is 4.92. The van der Waals surface area contributed by atoms with Crippen LogP contribution in [0.15, 0.2) is 41.6 Å². The van der Waals surface area contributed by atoms with E-state index in [4.69, 9.17) is 10.3 Å². The van der Waals surface area contributed by atoms with Crippen LogP contribution in [0.2, 0.25) is 0 Å². The minimum Gasteiger partial charge on any atom is -0.354 e. The van der Waals surface area contributed by atoms with Crippen molar-refractivity contribution in [1.82, 2.24) is 30.4 Å². The van der Waals surface area contributed by atoms with Gasteiger partial charge in [-0.1, -0.05) is 5.16 Å². The maximum atomic E-state index is 11.9. The van der Waals surface area contributed by atoms with Crippen molar-refractivity contribution >= 4 is 5.91 Å². The lowest BCUT2D eigenvalue weighted by atomic mass is 10.1. The van der Waals surface area contributed by atoms with Gasteiger partial charge in [0.25, 0.3) is 0 Å². The summed E-state index contributed by atoms with van der Waals surface area (Å²) in [5, 5.41) is 6.65. The van der Waals surface area contributed by atoms with Gasteiger partial charge in [-0.15, -0.1) is 0 Å². The molecular formula is C15H17N7O2. The summed E-state index contributed by atoms with van der Waals surface area (Å²) < 4.78 is 5.16. The molecule has 3 heterocycles. The number of H-pyrrole nitrogens is 1. The number of amides is 1. The van der Waals surface area contributed by atoms with Gasteiger partial charge in [0.2, 0.25) is 17.6 Å². The van der Waals surface area contributed by atoms with Crippen molar-refractivity contribution in [3.63, 3.8) is 0 Å². The summed E-state index contributed by atoms with van der Waals surface area (Å²) in [6.45, 7) is 0.365. The number of rotatable bonds is 7.